The summed E-state index contributed by atoms with van der Waals surface area (Å²) in [6.45, 7) is 2.78. The molecular weight excluding hydrogens is 554 g/mol. The number of ketones is 2. The van der Waals surface area contributed by atoms with Crippen molar-refractivity contribution in [2.24, 2.45) is 5.41 Å². The van der Waals surface area contributed by atoms with Gasteiger partial charge in [-0.05, 0) is 66.6 Å². The Labute approximate surface area is 260 Å². The molecule has 2 atom stereocenters. The number of phenolic OH excluding ortho intramolecular Hbond substituents is 1. The molecule has 0 spiro atoms. The number of phenols is 1. The van der Waals surface area contributed by atoms with Gasteiger partial charge in [0.05, 0.1) is 20.1 Å². The number of unbranched alkanes of at least 4 members (excludes halogenated alkanes) is 4. The highest BCUT2D eigenvalue weighted by atomic mass is 16.5. The summed E-state index contributed by atoms with van der Waals surface area (Å²) in [7, 11) is 1.52. The highest BCUT2D eigenvalue weighted by Crippen LogP contribution is 2.56. The fourth-order valence-corrected chi connectivity index (χ4v) is 6.98. The van der Waals surface area contributed by atoms with Crippen molar-refractivity contribution in [1.82, 2.24) is 9.97 Å². The maximum absolute atomic E-state index is 12.8. The first kappa shape index (κ1) is 31.5. The van der Waals surface area contributed by atoms with Gasteiger partial charge in [-0.1, -0.05) is 44.7 Å². The molecule has 0 unspecified atom stereocenters. The first-order valence-corrected chi connectivity index (χ1v) is 16.0. The fraction of sp³-hybridized carbons (Fsp3) is 0.472. The quantitative estimate of drug-likeness (QED) is 0.109. The minimum absolute atomic E-state index is 0.00777. The number of pyridine rings is 1. The number of aryl methyl sites for hydroxylation is 1. The van der Waals surface area contributed by atoms with E-state index in [-0.39, 0.29) is 36.8 Å². The van der Waals surface area contributed by atoms with Gasteiger partial charge in [-0.3, -0.25) is 9.59 Å². The zero-order chi connectivity index (χ0) is 31.1. The van der Waals surface area contributed by atoms with Gasteiger partial charge in [0.1, 0.15) is 17.4 Å². The van der Waals surface area contributed by atoms with Gasteiger partial charge in [-0.15, -0.1) is 0 Å². The Kier molecular flexibility index (Phi) is 10.2. The van der Waals surface area contributed by atoms with E-state index >= 15 is 0 Å². The van der Waals surface area contributed by atoms with E-state index in [0.29, 0.717) is 30.6 Å². The standard InChI is InChI=1S/C36H45N3O5/c1-3-4-5-6-7-10-27(41)20-28(42)12-11-24-18-30(34(43)31(19-24)44-2)33-29-14-17-39-35-32(29)25(13-16-38-35)21-36(33,23-40)22-26-9-8-15-37-26/h8-9,14-15,17-19,21,33,37,40,43H,3-7,10-13,16,20,22-23H2,1-2H3,(H,38,39)/t33-,36-/m0/s1. The Bertz CT molecular complexity index is 1500. The van der Waals surface area contributed by atoms with Crippen LogP contribution in [0.4, 0.5) is 5.82 Å². The first-order chi connectivity index (χ1) is 21.4. The number of nitrogens with zero attached hydrogens (tertiary/aromatic N) is 1. The number of carbonyl (C=O) groups excluding carboxylic acids is 2. The number of aliphatic hydroxyl groups is 1. The molecule has 5 rings (SSSR count). The number of aliphatic hydroxyl groups excluding tert-OH is 1. The maximum Gasteiger partial charge on any atom is 0.161 e. The van der Waals surface area contributed by atoms with Crippen molar-refractivity contribution >= 4 is 23.0 Å². The van der Waals surface area contributed by atoms with Crippen LogP contribution in [-0.2, 0) is 22.4 Å². The second-order valence-corrected chi connectivity index (χ2v) is 12.3. The summed E-state index contributed by atoms with van der Waals surface area (Å²) in [6, 6.07) is 9.64. The Morgan fingerprint density at radius 3 is 2.66 bits per heavy atom. The van der Waals surface area contributed by atoms with E-state index in [2.05, 4.69) is 28.3 Å². The number of ether oxygens (including phenoxy) is 1. The third kappa shape index (κ3) is 6.75. The molecule has 1 aromatic carbocycles. The van der Waals surface area contributed by atoms with E-state index < -0.39 is 11.3 Å². The molecule has 3 heterocycles. The van der Waals surface area contributed by atoms with Gasteiger partial charge in [-0.2, -0.15) is 0 Å². The Morgan fingerprint density at radius 2 is 1.91 bits per heavy atom. The van der Waals surface area contributed by atoms with Crippen LogP contribution in [0.25, 0.3) is 5.57 Å². The molecule has 0 fully saturated rings. The molecule has 1 aliphatic carbocycles. The number of carbonyl (C=O) groups is 2. The van der Waals surface area contributed by atoms with Gasteiger partial charge >= 0.3 is 0 Å². The molecule has 0 amide bonds. The molecule has 0 radical (unpaired) electrons. The summed E-state index contributed by atoms with van der Waals surface area (Å²) in [4.78, 5) is 33.1. The number of hydrogen-bond acceptors (Lipinski definition) is 7. The lowest BCUT2D eigenvalue weighted by Gasteiger charge is -2.44. The number of rotatable bonds is 16. The third-order valence-corrected chi connectivity index (χ3v) is 9.16. The molecule has 4 N–H and O–H groups in total. The van der Waals surface area contributed by atoms with Crippen LogP contribution in [0.1, 0.15) is 98.6 Å². The number of Topliss-reactive ketones (excluding diaryl/α,β-unsaturated/α-hetero) is 2. The summed E-state index contributed by atoms with van der Waals surface area (Å²) in [5.41, 5.74) is 4.82. The van der Waals surface area contributed by atoms with Gasteiger partial charge in [0, 0.05) is 59.9 Å². The highest BCUT2D eigenvalue weighted by Gasteiger charge is 2.46. The van der Waals surface area contributed by atoms with Crippen LogP contribution in [-0.4, -0.2) is 52.0 Å². The zero-order valence-corrected chi connectivity index (χ0v) is 26.0. The van der Waals surface area contributed by atoms with Gasteiger partial charge in [0.15, 0.2) is 11.5 Å². The lowest BCUT2D eigenvalue weighted by molar-refractivity contribution is -0.127. The average Bonchev–Trinajstić information content (AvgIpc) is 3.54. The molecule has 8 heteroatoms. The second kappa shape index (κ2) is 14.2. The van der Waals surface area contributed by atoms with Crippen LogP contribution < -0.4 is 10.1 Å². The summed E-state index contributed by atoms with van der Waals surface area (Å²) >= 11 is 0. The number of anilines is 1. The van der Waals surface area contributed by atoms with Crippen molar-refractivity contribution in [3.8, 4) is 11.5 Å². The van der Waals surface area contributed by atoms with Crippen molar-refractivity contribution in [2.75, 3.05) is 25.6 Å². The predicted octanol–water partition coefficient (Wildman–Crippen LogP) is 6.51. The first-order valence-electron chi connectivity index (χ1n) is 16.0. The molecule has 0 saturated heterocycles. The number of aromatic hydroxyl groups is 1. The number of benzene rings is 1. The van der Waals surface area contributed by atoms with Crippen molar-refractivity contribution in [1.29, 1.82) is 0 Å². The number of H-pyrrole nitrogens is 1. The van der Waals surface area contributed by atoms with Gasteiger partial charge in [0.2, 0.25) is 0 Å². The monoisotopic (exact) mass is 599 g/mol. The van der Waals surface area contributed by atoms with Crippen LogP contribution in [0, 0.1) is 5.41 Å². The van der Waals surface area contributed by atoms with Crippen molar-refractivity contribution in [3.63, 3.8) is 0 Å². The third-order valence-electron chi connectivity index (χ3n) is 9.16. The van der Waals surface area contributed by atoms with Gasteiger partial charge in [0.25, 0.3) is 0 Å². The van der Waals surface area contributed by atoms with Crippen LogP contribution in [0.2, 0.25) is 0 Å². The van der Waals surface area contributed by atoms with E-state index in [1.165, 1.54) is 13.5 Å². The molecule has 44 heavy (non-hydrogen) atoms. The minimum Gasteiger partial charge on any atom is -0.504 e. The molecule has 2 aromatic heterocycles. The SMILES string of the molecule is CCCCCCCC(=O)CC(=O)CCc1cc(OC)c(O)c([C@@H]2c3ccnc4c3C(=C[C@@]2(CO)Cc2ccc[nH]2)CCN4)c1. The minimum atomic E-state index is -0.760. The predicted molar refractivity (Wildman–Crippen MR) is 172 cm³/mol. The largest absolute Gasteiger partial charge is 0.504 e. The van der Waals surface area contributed by atoms with Crippen LogP contribution in [0.3, 0.4) is 0 Å². The van der Waals surface area contributed by atoms with E-state index in [4.69, 9.17) is 4.74 Å². The molecule has 2 aliphatic rings. The zero-order valence-electron chi connectivity index (χ0n) is 26.0. The molecule has 0 saturated carbocycles. The Balaban J connectivity index is 1.45. The van der Waals surface area contributed by atoms with Gasteiger partial charge in [-0.25, -0.2) is 4.98 Å². The summed E-state index contributed by atoms with van der Waals surface area (Å²) < 4.78 is 5.64. The van der Waals surface area contributed by atoms with Crippen molar-refractivity contribution in [3.05, 3.63) is 76.7 Å². The van der Waals surface area contributed by atoms with Crippen molar-refractivity contribution in [2.45, 2.75) is 83.5 Å². The summed E-state index contributed by atoms with van der Waals surface area (Å²) in [5.74, 6) is 0.646. The molecular formula is C36H45N3O5. The molecule has 0 bridgehead atoms. The van der Waals surface area contributed by atoms with Crippen LogP contribution in [0.15, 0.2) is 48.8 Å². The highest BCUT2D eigenvalue weighted by molar-refractivity contribution is 5.99. The number of nitrogens with one attached hydrogen (secondary N) is 2. The number of hydrogen-bond donors (Lipinski definition) is 4. The number of aromatic nitrogens is 2. The van der Waals surface area contributed by atoms with Crippen molar-refractivity contribution < 1.29 is 24.5 Å². The second-order valence-electron chi connectivity index (χ2n) is 12.3. The molecule has 3 aromatic rings. The average molecular weight is 600 g/mol. The summed E-state index contributed by atoms with van der Waals surface area (Å²) in [5, 5.41) is 26.2. The Hall–Kier alpha value is -3.91. The van der Waals surface area contributed by atoms with E-state index in [9.17, 15) is 19.8 Å². The summed E-state index contributed by atoms with van der Waals surface area (Å²) in [6.07, 6.45) is 13.6. The number of aromatic amines is 1. The Morgan fingerprint density at radius 1 is 1.09 bits per heavy atom. The number of methoxy groups -OCH3 is 1. The van der Waals surface area contributed by atoms with E-state index in [1.54, 1.807) is 12.3 Å². The smallest absolute Gasteiger partial charge is 0.161 e. The molecule has 8 nitrogen and oxygen atoms in total. The normalized spacial score (nSPS) is 18.7. The van der Waals surface area contributed by atoms with Crippen LogP contribution >= 0.6 is 0 Å². The lowest BCUT2D eigenvalue weighted by Crippen LogP contribution is -2.38. The lowest BCUT2D eigenvalue weighted by atomic mass is 9.61. The van der Waals surface area contributed by atoms with E-state index in [0.717, 1.165) is 72.4 Å². The maximum atomic E-state index is 12.8. The topological polar surface area (TPSA) is 125 Å². The van der Waals surface area contributed by atoms with E-state index in [1.807, 2.05) is 30.5 Å². The van der Waals surface area contributed by atoms with Gasteiger partial charge < -0.3 is 25.3 Å². The molecule has 234 valence electrons. The van der Waals surface area contributed by atoms with Crippen LogP contribution in [0.5, 0.6) is 11.5 Å². The molecule has 1 aliphatic heterocycles. The fourth-order valence-electron chi connectivity index (χ4n) is 6.98.